The van der Waals surface area contributed by atoms with Gasteiger partial charge in [0.25, 0.3) is 0 Å². The van der Waals surface area contributed by atoms with Crippen molar-refractivity contribution >= 4 is 11.3 Å². The molecule has 0 atom stereocenters. The van der Waals surface area contributed by atoms with Gasteiger partial charge in [0.2, 0.25) is 0 Å². The lowest BCUT2D eigenvalue weighted by Gasteiger charge is -2.20. The van der Waals surface area contributed by atoms with Gasteiger partial charge in [0.05, 0.1) is 5.69 Å². The predicted octanol–water partition coefficient (Wildman–Crippen LogP) is 1.36. The van der Waals surface area contributed by atoms with Crippen molar-refractivity contribution < 1.29 is 5.11 Å². The van der Waals surface area contributed by atoms with E-state index in [4.69, 9.17) is 0 Å². The highest BCUT2D eigenvalue weighted by Gasteiger charge is 2.25. The van der Waals surface area contributed by atoms with E-state index in [9.17, 15) is 5.11 Å². The second kappa shape index (κ2) is 3.29. The minimum atomic E-state index is -0.791. The smallest absolute Gasteiger partial charge is 0.124 e. The monoisotopic (exact) mass is 212 g/mol. The van der Waals surface area contributed by atoms with Gasteiger partial charge in [-0.25, -0.2) is 4.98 Å². The second-order valence-corrected chi connectivity index (χ2v) is 5.52. The number of likely N-dealkylation sites (N-methyl/N-ethyl adjacent to an activating group) is 1. The van der Waals surface area contributed by atoms with Crippen molar-refractivity contribution in [2.45, 2.75) is 32.4 Å². The minimum Gasteiger partial charge on any atom is -0.383 e. The molecule has 0 radical (unpaired) electrons. The summed E-state index contributed by atoms with van der Waals surface area (Å²) in [6, 6.07) is 0. The molecule has 1 aliphatic heterocycles. The Bertz CT molecular complexity index is 340. The molecule has 1 aromatic heterocycles. The second-order valence-electron chi connectivity index (χ2n) is 4.44. The molecule has 0 unspecified atom stereocenters. The van der Waals surface area contributed by atoms with Crippen LogP contribution >= 0.6 is 11.3 Å². The van der Waals surface area contributed by atoms with Gasteiger partial charge in [-0.3, -0.25) is 0 Å². The van der Waals surface area contributed by atoms with E-state index in [1.165, 1.54) is 4.88 Å². The number of fused-ring (bicyclic) bond motifs is 1. The predicted molar refractivity (Wildman–Crippen MR) is 57.4 cm³/mol. The number of rotatable bonds is 1. The lowest BCUT2D eigenvalue weighted by atomic mass is 10.1. The highest BCUT2D eigenvalue weighted by Crippen LogP contribution is 2.30. The summed E-state index contributed by atoms with van der Waals surface area (Å²) in [4.78, 5) is 8.11. The molecule has 2 heterocycles. The number of aromatic nitrogens is 1. The van der Waals surface area contributed by atoms with Crippen LogP contribution in [0.25, 0.3) is 0 Å². The summed E-state index contributed by atoms with van der Waals surface area (Å²) in [5.41, 5.74) is 0.362. The quantitative estimate of drug-likeness (QED) is 0.763. The van der Waals surface area contributed by atoms with Crippen molar-refractivity contribution in [1.82, 2.24) is 9.88 Å². The number of aliphatic hydroxyl groups is 1. The summed E-state index contributed by atoms with van der Waals surface area (Å²) in [5, 5.41) is 10.7. The Morgan fingerprint density at radius 1 is 1.50 bits per heavy atom. The van der Waals surface area contributed by atoms with Gasteiger partial charge in [-0.05, 0) is 27.3 Å². The van der Waals surface area contributed by atoms with Crippen LogP contribution in [0.2, 0.25) is 0 Å². The minimum absolute atomic E-state index is 0.791. The maximum Gasteiger partial charge on any atom is 0.124 e. The maximum absolute atomic E-state index is 9.84. The molecule has 1 aliphatic rings. The molecule has 0 amide bonds. The van der Waals surface area contributed by atoms with Crippen LogP contribution in [0, 0.1) is 0 Å². The molecule has 0 saturated heterocycles. The van der Waals surface area contributed by atoms with E-state index in [1.54, 1.807) is 25.2 Å². The summed E-state index contributed by atoms with van der Waals surface area (Å²) in [5.74, 6) is 0. The number of hydrogen-bond donors (Lipinski definition) is 1. The molecule has 0 aliphatic carbocycles. The van der Waals surface area contributed by atoms with Gasteiger partial charge in [0, 0.05) is 18.0 Å². The highest BCUT2D eigenvalue weighted by atomic mass is 32.1. The van der Waals surface area contributed by atoms with Crippen LogP contribution in [-0.2, 0) is 18.6 Å². The van der Waals surface area contributed by atoms with Gasteiger partial charge in [-0.1, -0.05) is 0 Å². The molecule has 3 nitrogen and oxygen atoms in total. The fourth-order valence-corrected chi connectivity index (χ4v) is 2.65. The summed E-state index contributed by atoms with van der Waals surface area (Å²) >= 11 is 1.66. The lowest BCUT2D eigenvalue weighted by Crippen LogP contribution is -2.25. The van der Waals surface area contributed by atoms with Crippen molar-refractivity contribution in [3.05, 3.63) is 15.6 Å². The summed E-state index contributed by atoms with van der Waals surface area (Å²) in [6.45, 7) is 5.60. The first-order valence-electron chi connectivity index (χ1n) is 4.87. The van der Waals surface area contributed by atoms with Crippen LogP contribution in [0.15, 0.2) is 0 Å². The van der Waals surface area contributed by atoms with Crippen molar-refractivity contribution in [3.63, 3.8) is 0 Å². The zero-order valence-electron chi connectivity index (χ0n) is 8.87. The topological polar surface area (TPSA) is 36.4 Å². The Hall–Kier alpha value is -0.450. The molecule has 78 valence electrons. The van der Waals surface area contributed by atoms with Crippen LogP contribution in [0.3, 0.4) is 0 Å². The van der Waals surface area contributed by atoms with E-state index in [-0.39, 0.29) is 0 Å². The zero-order chi connectivity index (χ0) is 10.3. The average Bonchev–Trinajstić information content (AvgIpc) is 2.45. The molecule has 0 aromatic carbocycles. The van der Waals surface area contributed by atoms with Gasteiger partial charge in [-0.15, -0.1) is 11.3 Å². The Balaban J connectivity index is 2.32. The fourth-order valence-electron chi connectivity index (χ4n) is 1.59. The van der Waals surface area contributed by atoms with Crippen LogP contribution in [-0.4, -0.2) is 28.6 Å². The highest BCUT2D eigenvalue weighted by molar-refractivity contribution is 7.11. The first kappa shape index (κ1) is 10.1. The van der Waals surface area contributed by atoms with E-state index in [1.807, 2.05) is 0 Å². The van der Waals surface area contributed by atoms with Crippen LogP contribution < -0.4 is 0 Å². The Labute approximate surface area is 88.4 Å². The Morgan fingerprint density at radius 2 is 2.21 bits per heavy atom. The number of thiazole rings is 1. The van der Waals surface area contributed by atoms with E-state index in [0.717, 1.165) is 30.2 Å². The number of nitrogens with zero attached hydrogens (tertiary/aromatic N) is 2. The van der Waals surface area contributed by atoms with Gasteiger partial charge in [0.1, 0.15) is 10.6 Å². The molecule has 0 saturated carbocycles. The lowest BCUT2D eigenvalue weighted by molar-refractivity contribution is 0.0780. The fraction of sp³-hybridized carbons (Fsp3) is 0.700. The van der Waals surface area contributed by atoms with E-state index in [2.05, 4.69) is 16.9 Å². The third kappa shape index (κ3) is 1.82. The zero-order valence-corrected chi connectivity index (χ0v) is 9.69. The van der Waals surface area contributed by atoms with Crippen molar-refractivity contribution in [2.24, 2.45) is 0 Å². The van der Waals surface area contributed by atoms with Crippen LogP contribution in [0.5, 0.6) is 0 Å². The van der Waals surface area contributed by atoms with Crippen molar-refractivity contribution in [2.75, 3.05) is 13.6 Å². The average molecular weight is 212 g/mol. The van der Waals surface area contributed by atoms with E-state index in [0.29, 0.717) is 0 Å². The molecule has 2 rings (SSSR count). The Kier molecular flexibility index (Phi) is 2.37. The van der Waals surface area contributed by atoms with Crippen molar-refractivity contribution in [1.29, 1.82) is 0 Å². The molecule has 0 fully saturated rings. The van der Waals surface area contributed by atoms with Crippen LogP contribution in [0.1, 0.15) is 29.4 Å². The third-order valence-corrected chi connectivity index (χ3v) is 3.91. The molecule has 0 spiro atoms. The van der Waals surface area contributed by atoms with Gasteiger partial charge in [0.15, 0.2) is 0 Å². The molecule has 4 heteroatoms. The first-order valence-corrected chi connectivity index (χ1v) is 5.68. The molecular weight excluding hydrogens is 196 g/mol. The van der Waals surface area contributed by atoms with Gasteiger partial charge in [-0.2, -0.15) is 0 Å². The summed E-state index contributed by atoms with van der Waals surface area (Å²) in [6.07, 6.45) is 1.07. The SMILES string of the molecule is CN1CCc2sc(C(C)(C)O)nc2C1. The van der Waals surface area contributed by atoms with Crippen LogP contribution in [0.4, 0.5) is 0 Å². The maximum atomic E-state index is 9.84. The normalized spacial score (nSPS) is 18.3. The molecule has 14 heavy (non-hydrogen) atoms. The summed E-state index contributed by atoms with van der Waals surface area (Å²) in [7, 11) is 2.10. The Morgan fingerprint density at radius 3 is 2.86 bits per heavy atom. The number of hydrogen-bond acceptors (Lipinski definition) is 4. The van der Waals surface area contributed by atoms with E-state index >= 15 is 0 Å². The largest absolute Gasteiger partial charge is 0.383 e. The van der Waals surface area contributed by atoms with E-state index < -0.39 is 5.60 Å². The molecular formula is C10H16N2OS. The molecule has 1 N–H and O–H groups in total. The molecule has 0 bridgehead atoms. The van der Waals surface area contributed by atoms with Gasteiger partial charge >= 0.3 is 0 Å². The van der Waals surface area contributed by atoms with Gasteiger partial charge < -0.3 is 10.0 Å². The first-order chi connectivity index (χ1) is 6.47. The third-order valence-electron chi connectivity index (χ3n) is 2.44. The summed E-state index contributed by atoms with van der Waals surface area (Å²) < 4.78 is 0. The van der Waals surface area contributed by atoms with Crippen molar-refractivity contribution in [3.8, 4) is 0 Å². The standard InChI is InChI=1S/C10H16N2OS/c1-10(2,13)9-11-7-6-12(3)5-4-8(7)14-9/h13H,4-6H2,1-3H3. The molecule has 1 aromatic rings.